The molecule has 0 aromatic carbocycles. The first-order valence-corrected chi connectivity index (χ1v) is 1.49. The molecule has 0 atom stereocenters. The molecule has 0 aliphatic carbocycles. The zero-order chi connectivity index (χ0) is 3.41. The van der Waals surface area contributed by atoms with Gasteiger partial charge in [0.05, 0.1) is 0 Å². The molecule has 0 aromatic rings. The second-order valence-electron chi connectivity index (χ2n) is 0.667. The lowest BCUT2D eigenvalue weighted by molar-refractivity contribution is 1.64. The summed E-state index contributed by atoms with van der Waals surface area (Å²) in [5, 5.41) is 0. The molecule has 0 radical (unpaired) electrons. The van der Waals surface area contributed by atoms with Gasteiger partial charge in [-0.15, -0.1) is 0 Å². The minimum Gasteiger partial charge on any atom is -0.0919 e. The maximum atomic E-state index is 2.00. The summed E-state index contributed by atoms with van der Waals surface area (Å²) in [4.78, 5) is 0. The van der Waals surface area contributed by atoms with Crippen molar-refractivity contribution in [2.75, 3.05) is 0 Å². The highest BCUT2D eigenvalue weighted by Crippen LogP contribution is 1.57. The van der Waals surface area contributed by atoms with Gasteiger partial charge in [-0.25, -0.2) is 0 Å². The first-order chi connectivity index (χ1) is 1.91. The topological polar surface area (TPSA) is 0 Å². The molecule has 0 bridgehead atoms. The predicted octanol–water partition coefficient (Wildman–Crippen LogP) is 1.69. The third-order valence-corrected chi connectivity index (χ3v) is 0.333. The summed E-state index contributed by atoms with van der Waals surface area (Å²) in [5.74, 6) is 0. The van der Waals surface area contributed by atoms with Crippen LogP contribution in [0.4, 0.5) is 0 Å². The first-order valence-electron chi connectivity index (χ1n) is 1.49. The van der Waals surface area contributed by atoms with Crippen LogP contribution in [0.5, 0.6) is 0 Å². The molecule has 0 heteroatoms. The number of hydrogen-bond donors (Lipinski definition) is 0. The lowest BCUT2D eigenvalue weighted by Gasteiger charge is -1.49. The Bertz CT molecular complexity index is 18.8. The summed E-state index contributed by atoms with van der Waals surface area (Å²) in [6.45, 7) is 4.00. The Balaban J connectivity index is 0. The molecule has 0 nitrogen and oxygen atoms in total. The Morgan fingerprint density at radius 3 is 1.50 bits per heavy atom. The van der Waals surface area contributed by atoms with Crippen LogP contribution in [-0.2, 0) is 0 Å². The van der Waals surface area contributed by atoms with Crippen LogP contribution >= 0.6 is 0 Å². The molecular weight excluding hydrogens is 48.0 g/mol. The maximum absolute atomic E-state index is 2.00. The standard InChI is InChI=1S/C4H8/c1-3-4-2/h3-4H,1-2H3/p+1. The molecule has 0 fully saturated rings. The molecular formula is C4H9+. The van der Waals surface area contributed by atoms with Crippen molar-refractivity contribution in [1.82, 2.24) is 0 Å². The molecule has 0 rings (SSSR count). The predicted molar refractivity (Wildman–Crippen MR) is 21.6 cm³/mol. The van der Waals surface area contributed by atoms with Crippen LogP contribution in [0, 0.1) is 0 Å². The van der Waals surface area contributed by atoms with Crippen LogP contribution < -0.4 is 0 Å². The molecule has 24 valence electrons. The van der Waals surface area contributed by atoms with Crippen LogP contribution in [0.15, 0.2) is 12.2 Å². The third kappa shape index (κ3) is 1.74. The lowest BCUT2D eigenvalue weighted by Crippen LogP contribution is -1.26. The normalized spacial score (nSPS) is 9.50. The molecule has 0 spiro atoms. The average molecular weight is 57.1 g/mol. The Kier molecular flexibility index (Phi) is 2.56. The molecule has 0 unspecified atom stereocenters. The largest absolute Gasteiger partial charge is 1.00 e. The van der Waals surface area contributed by atoms with E-state index in [0.29, 0.717) is 0 Å². The fourth-order valence-corrected chi connectivity index (χ4v) is 0. The van der Waals surface area contributed by atoms with Gasteiger partial charge in [0.15, 0.2) is 0 Å². The van der Waals surface area contributed by atoms with Crippen molar-refractivity contribution < 1.29 is 1.43 Å². The summed E-state index contributed by atoms with van der Waals surface area (Å²) >= 11 is 0. The van der Waals surface area contributed by atoms with Gasteiger partial charge in [-0.3, -0.25) is 0 Å². The van der Waals surface area contributed by atoms with Crippen molar-refractivity contribution in [2.24, 2.45) is 0 Å². The van der Waals surface area contributed by atoms with Crippen molar-refractivity contribution in [1.29, 1.82) is 0 Å². The van der Waals surface area contributed by atoms with Crippen molar-refractivity contribution in [3.63, 3.8) is 0 Å². The quantitative estimate of drug-likeness (QED) is 0.371. The summed E-state index contributed by atoms with van der Waals surface area (Å²) in [6.07, 6.45) is 4.00. The van der Waals surface area contributed by atoms with Gasteiger partial charge in [0.2, 0.25) is 0 Å². The fraction of sp³-hybridized carbons (Fsp3) is 0.500. The number of rotatable bonds is 0. The maximum Gasteiger partial charge on any atom is 1.00 e. The van der Waals surface area contributed by atoms with Crippen LogP contribution in [0.25, 0.3) is 0 Å². The molecule has 0 aromatic heterocycles. The van der Waals surface area contributed by atoms with Crippen LogP contribution in [0.2, 0.25) is 0 Å². The second-order valence-corrected chi connectivity index (χ2v) is 0.667. The van der Waals surface area contributed by atoms with Gasteiger partial charge in [-0.1, -0.05) is 12.2 Å². The first kappa shape index (κ1) is 3.74. The highest BCUT2D eigenvalue weighted by atomic mass is 13.4. The molecule has 0 N–H and O–H groups in total. The van der Waals surface area contributed by atoms with Crippen molar-refractivity contribution in [3.8, 4) is 0 Å². The Morgan fingerprint density at radius 1 is 1.25 bits per heavy atom. The van der Waals surface area contributed by atoms with Crippen molar-refractivity contribution >= 4 is 0 Å². The van der Waals surface area contributed by atoms with E-state index in [4.69, 9.17) is 0 Å². The van der Waals surface area contributed by atoms with Crippen LogP contribution in [0.3, 0.4) is 0 Å². The second kappa shape index (κ2) is 2.74. The zero-order valence-electron chi connectivity index (χ0n) is 4.15. The van der Waals surface area contributed by atoms with Gasteiger partial charge in [-0.2, -0.15) is 0 Å². The van der Waals surface area contributed by atoms with Crippen LogP contribution in [0.1, 0.15) is 15.3 Å². The molecule has 0 amide bonds. The minimum absolute atomic E-state index is 0. The van der Waals surface area contributed by atoms with E-state index in [1.165, 1.54) is 0 Å². The third-order valence-electron chi connectivity index (χ3n) is 0.333. The Hall–Kier alpha value is -0.260. The van der Waals surface area contributed by atoms with Gasteiger partial charge in [-0.05, 0) is 13.8 Å². The summed E-state index contributed by atoms with van der Waals surface area (Å²) < 4.78 is 0. The SMILES string of the molecule is CC=CC.[H+]. The molecule has 0 aliphatic rings. The van der Waals surface area contributed by atoms with Crippen molar-refractivity contribution in [2.45, 2.75) is 13.8 Å². The number of hydrogen-bond acceptors (Lipinski definition) is 0. The van der Waals surface area contributed by atoms with E-state index in [1.54, 1.807) is 0 Å². The smallest absolute Gasteiger partial charge is 0.0919 e. The van der Waals surface area contributed by atoms with Gasteiger partial charge in [0, 0.05) is 0 Å². The molecule has 0 aliphatic heterocycles. The summed E-state index contributed by atoms with van der Waals surface area (Å²) in [6, 6.07) is 0. The molecule has 0 saturated heterocycles. The molecule has 0 saturated carbocycles. The number of allylic oxidation sites excluding steroid dienone is 2. The highest BCUT2D eigenvalue weighted by Gasteiger charge is 1.34. The van der Waals surface area contributed by atoms with E-state index in [2.05, 4.69) is 0 Å². The minimum atomic E-state index is 0. The Morgan fingerprint density at radius 2 is 1.50 bits per heavy atom. The summed E-state index contributed by atoms with van der Waals surface area (Å²) in [7, 11) is 0. The lowest BCUT2D eigenvalue weighted by atomic mass is 10.6. The highest BCUT2D eigenvalue weighted by molar-refractivity contribution is 4.68. The molecule has 4 heavy (non-hydrogen) atoms. The Labute approximate surface area is 28.6 Å². The van der Waals surface area contributed by atoms with Gasteiger partial charge in [0.25, 0.3) is 0 Å². The zero-order valence-corrected chi connectivity index (χ0v) is 3.15. The van der Waals surface area contributed by atoms with E-state index < -0.39 is 0 Å². The molecule has 0 heterocycles. The van der Waals surface area contributed by atoms with E-state index >= 15 is 0 Å². The van der Waals surface area contributed by atoms with Crippen molar-refractivity contribution in [3.05, 3.63) is 12.2 Å². The van der Waals surface area contributed by atoms with E-state index in [-0.39, 0.29) is 1.43 Å². The van der Waals surface area contributed by atoms with Gasteiger partial charge < -0.3 is 0 Å². The van der Waals surface area contributed by atoms with E-state index in [0.717, 1.165) is 0 Å². The monoisotopic (exact) mass is 57.1 g/mol. The van der Waals surface area contributed by atoms with E-state index in [1.807, 2.05) is 26.0 Å². The van der Waals surface area contributed by atoms with Crippen LogP contribution in [-0.4, -0.2) is 0 Å². The van der Waals surface area contributed by atoms with Gasteiger partial charge >= 0.3 is 1.43 Å². The fourth-order valence-electron chi connectivity index (χ4n) is 0. The summed E-state index contributed by atoms with van der Waals surface area (Å²) in [5.41, 5.74) is 0. The average Bonchev–Trinajstić information content (AvgIpc) is 1.37. The van der Waals surface area contributed by atoms with Gasteiger partial charge in [0.1, 0.15) is 0 Å². The van der Waals surface area contributed by atoms with E-state index in [9.17, 15) is 0 Å².